The number of aromatic nitrogens is 4. The molecule has 1 aromatic carbocycles. The number of hydrogen-bond donors (Lipinski definition) is 2. The number of alkyl halides is 3. The molecule has 0 radical (unpaired) electrons. The van der Waals surface area contributed by atoms with Crippen molar-refractivity contribution in [2.24, 2.45) is 0 Å². The van der Waals surface area contributed by atoms with E-state index >= 15 is 0 Å². The van der Waals surface area contributed by atoms with Gasteiger partial charge in [-0.2, -0.15) is 18.4 Å². The van der Waals surface area contributed by atoms with E-state index in [4.69, 9.17) is 26.2 Å². The lowest BCUT2D eigenvalue weighted by Gasteiger charge is -2.46. The first-order valence-corrected chi connectivity index (χ1v) is 10.9. The van der Waals surface area contributed by atoms with Crippen molar-refractivity contribution in [3.8, 4) is 0 Å². The number of benzene rings is 1. The zero-order valence-electron chi connectivity index (χ0n) is 18.0. The third kappa shape index (κ3) is 7.27. The standard InChI is InChI=1S/C18H25ClN6O.C2HF3O2/c1-13-11-25(16-6-8-24(9-7-16)18-20-22-23-21-18)17(12-26-13)10-14-2-4-15(19)5-3-14;3-2(4,5)1(6)7/h2-5,13,16-17H,6-12H2,1H3,(H,20,21,22,23);(H,6,7)/t13-,17-;/m0./s1. The minimum atomic E-state index is -5.08. The first-order chi connectivity index (χ1) is 15.6. The number of rotatable bonds is 4. The number of morpholine rings is 1. The molecule has 4 rings (SSSR count). The third-order valence-electron chi connectivity index (χ3n) is 5.69. The van der Waals surface area contributed by atoms with Crippen LogP contribution in [0.4, 0.5) is 19.1 Å². The highest BCUT2D eigenvalue weighted by molar-refractivity contribution is 6.30. The molecule has 0 spiro atoms. The summed E-state index contributed by atoms with van der Waals surface area (Å²) in [4.78, 5) is 13.8. The number of H-pyrrole nitrogens is 1. The molecule has 13 heteroatoms. The lowest BCUT2D eigenvalue weighted by molar-refractivity contribution is -0.192. The number of carboxylic acids is 1. The lowest BCUT2D eigenvalue weighted by Crippen LogP contribution is -2.56. The van der Waals surface area contributed by atoms with Gasteiger partial charge in [-0.1, -0.05) is 28.8 Å². The van der Waals surface area contributed by atoms with Crippen LogP contribution in [0.3, 0.4) is 0 Å². The fourth-order valence-corrected chi connectivity index (χ4v) is 4.20. The maximum atomic E-state index is 10.6. The monoisotopic (exact) mass is 490 g/mol. The normalized spacial score (nSPS) is 22.5. The van der Waals surface area contributed by atoms with Crippen molar-refractivity contribution < 1.29 is 27.8 Å². The van der Waals surface area contributed by atoms with Crippen LogP contribution in [0.15, 0.2) is 24.3 Å². The van der Waals surface area contributed by atoms with Crippen LogP contribution in [0, 0.1) is 0 Å². The van der Waals surface area contributed by atoms with Gasteiger partial charge in [-0.25, -0.2) is 4.79 Å². The maximum Gasteiger partial charge on any atom is 0.490 e. The number of nitrogens with zero attached hydrogens (tertiary/aromatic N) is 5. The lowest BCUT2D eigenvalue weighted by atomic mass is 9.96. The highest BCUT2D eigenvalue weighted by Gasteiger charge is 2.38. The Bertz CT molecular complexity index is 876. The molecule has 2 aliphatic rings. The molecule has 2 aliphatic heterocycles. The molecular weight excluding hydrogens is 465 g/mol. The Kier molecular flexibility index (Phi) is 8.49. The van der Waals surface area contributed by atoms with Crippen molar-refractivity contribution in [1.29, 1.82) is 0 Å². The van der Waals surface area contributed by atoms with Crippen LogP contribution in [-0.2, 0) is 16.0 Å². The summed E-state index contributed by atoms with van der Waals surface area (Å²) in [6, 6.07) is 9.17. The van der Waals surface area contributed by atoms with Gasteiger partial charge in [0.15, 0.2) is 0 Å². The number of carboxylic acid groups (broad SMARTS) is 1. The van der Waals surface area contributed by atoms with E-state index in [1.807, 2.05) is 12.1 Å². The SMILES string of the molecule is C[C@H]1CN(C2CCN(c3nn[nH]n3)CC2)[C@@H](Cc2ccc(Cl)cc2)CO1.O=C(O)C(F)(F)F. The van der Waals surface area contributed by atoms with Crippen molar-refractivity contribution in [3.63, 3.8) is 0 Å². The minimum Gasteiger partial charge on any atom is -0.475 e. The third-order valence-corrected chi connectivity index (χ3v) is 5.94. The number of halogens is 4. The van der Waals surface area contributed by atoms with E-state index in [-0.39, 0.29) is 6.10 Å². The Hall–Kier alpha value is -2.44. The van der Waals surface area contributed by atoms with Gasteiger partial charge in [0.25, 0.3) is 5.95 Å². The highest BCUT2D eigenvalue weighted by Crippen LogP contribution is 2.26. The molecule has 1 aromatic heterocycles. The van der Waals surface area contributed by atoms with E-state index in [0.717, 1.165) is 50.5 Å². The average Bonchev–Trinajstić information content (AvgIpc) is 3.31. The van der Waals surface area contributed by atoms with E-state index < -0.39 is 12.1 Å². The van der Waals surface area contributed by atoms with Crippen LogP contribution < -0.4 is 4.90 Å². The molecule has 2 N–H and O–H groups in total. The molecule has 0 unspecified atom stereocenters. The van der Waals surface area contributed by atoms with Gasteiger partial charge in [0, 0.05) is 36.7 Å². The van der Waals surface area contributed by atoms with Gasteiger partial charge in [0.2, 0.25) is 0 Å². The van der Waals surface area contributed by atoms with Crippen LogP contribution in [0.25, 0.3) is 0 Å². The van der Waals surface area contributed by atoms with Gasteiger partial charge in [0.1, 0.15) is 0 Å². The van der Waals surface area contributed by atoms with Crippen LogP contribution in [-0.4, -0.2) is 87.2 Å². The number of piperidine rings is 1. The molecule has 2 aromatic rings. The molecule has 182 valence electrons. The van der Waals surface area contributed by atoms with E-state index in [1.54, 1.807) is 0 Å². The van der Waals surface area contributed by atoms with Crippen molar-refractivity contribution >= 4 is 23.5 Å². The summed E-state index contributed by atoms with van der Waals surface area (Å²) >= 11 is 6.02. The van der Waals surface area contributed by atoms with Crippen LogP contribution in [0.5, 0.6) is 0 Å². The van der Waals surface area contributed by atoms with E-state index in [9.17, 15) is 13.2 Å². The molecule has 3 heterocycles. The Labute approximate surface area is 193 Å². The number of carbonyl (C=O) groups is 1. The molecule has 2 saturated heterocycles. The molecule has 2 atom stereocenters. The zero-order valence-corrected chi connectivity index (χ0v) is 18.8. The van der Waals surface area contributed by atoms with Gasteiger partial charge in [0.05, 0.1) is 12.7 Å². The molecule has 0 bridgehead atoms. The van der Waals surface area contributed by atoms with Gasteiger partial charge in [-0.05, 0) is 49.1 Å². The van der Waals surface area contributed by atoms with E-state index in [0.29, 0.717) is 18.0 Å². The quantitative estimate of drug-likeness (QED) is 0.673. The van der Waals surface area contributed by atoms with E-state index in [2.05, 4.69) is 49.5 Å². The van der Waals surface area contributed by atoms with Gasteiger partial charge >= 0.3 is 12.1 Å². The summed E-state index contributed by atoms with van der Waals surface area (Å²) in [5, 5.41) is 22.3. The summed E-state index contributed by atoms with van der Waals surface area (Å²) in [5.41, 5.74) is 1.31. The van der Waals surface area contributed by atoms with Crippen molar-refractivity contribution in [2.75, 3.05) is 31.1 Å². The summed E-state index contributed by atoms with van der Waals surface area (Å²) in [5.74, 6) is -2.05. The van der Waals surface area contributed by atoms with Crippen molar-refractivity contribution in [1.82, 2.24) is 25.5 Å². The number of tetrazole rings is 1. The average molecular weight is 491 g/mol. The second kappa shape index (κ2) is 11.1. The van der Waals surface area contributed by atoms with Crippen molar-refractivity contribution in [3.05, 3.63) is 34.9 Å². The van der Waals surface area contributed by atoms with Crippen LogP contribution >= 0.6 is 11.6 Å². The zero-order chi connectivity index (χ0) is 24.0. The molecule has 33 heavy (non-hydrogen) atoms. The molecule has 0 saturated carbocycles. The van der Waals surface area contributed by atoms with E-state index in [1.165, 1.54) is 5.56 Å². The van der Waals surface area contributed by atoms with Crippen LogP contribution in [0.2, 0.25) is 5.02 Å². The second-order valence-electron chi connectivity index (χ2n) is 8.06. The summed E-state index contributed by atoms with van der Waals surface area (Å²) < 4.78 is 37.7. The van der Waals surface area contributed by atoms with Gasteiger partial charge in [-0.15, -0.1) is 5.10 Å². The summed E-state index contributed by atoms with van der Waals surface area (Å²) in [6.07, 6.45) is -1.59. The molecule has 0 aliphatic carbocycles. The first kappa shape index (κ1) is 25.2. The fourth-order valence-electron chi connectivity index (χ4n) is 4.07. The number of aliphatic carboxylic acids is 1. The Balaban J connectivity index is 0.000000383. The molecule has 9 nitrogen and oxygen atoms in total. The number of aromatic amines is 1. The summed E-state index contributed by atoms with van der Waals surface area (Å²) in [7, 11) is 0. The number of anilines is 1. The first-order valence-electron chi connectivity index (χ1n) is 10.5. The Morgan fingerprint density at radius 2 is 1.91 bits per heavy atom. The van der Waals surface area contributed by atoms with Gasteiger partial charge in [-0.3, -0.25) is 4.90 Å². The maximum absolute atomic E-state index is 10.6. The van der Waals surface area contributed by atoms with Crippen LogP contribution in [0.1, 0.15) is 25.3 Å². The summed E-state index contributed by atoms with van der Waals surface area (Å²) in [6.45, 7) is 5.87. The van der Waals surface area contributed by atoms with Gasteiger partial charge < -0.3 is 14.7 Å². The predicted octanol–water partition coefficient (Wildman–Crippen LogP) is 2.79. The smallest absolute Gasteiger partial charge is 0.475 e. The van der Waals surface area contributed by atoms with Crippen molar-refractivity contribution in [2.45, 2.75) is 50.6 Å². The molecular formula is C20H26ClF3N6O3. The Morgan fingerprint density at radius 3 is 2.45 bits per heavy atom. The predicted molar refractivity (Wildman–Crippen MR) is 114 cm³/mol. The Morgan fingerprint density at radius 1 is 1.27 bits per heavy atom. The number of hydrogen-bond acceptors (Lipinski definition) is 7. The topological polar surface area (TPSA) is 107 Å². The second-order valence-corrected chi connectivity index (χ2v) is 8.49. The fraction of sp³-hybridized carbons (Fsp3) is 0.600. The largest absolute Gasteiger partial charge is 0.490 e. The number of nitrogens with one attached hydrogen (secondary N) is 1. The number of ether oxygens (including phenoxy) is 1. The molecule has 2 fully saturated rings. The molecule has 0 amide bonds. The highest BCUT2D eigenvalue weighted by atomic mass is 35.5. The minimum absolute atomic E-state index is 0.284.